The van der Waals surface area contributed by atoms with Gasteiger partial charge in [-0.2, -0.15) is 0 Å². The molecule has 1 aliphatic rings. The van der Waals surface area contributed by atoms with Gasteiger partial charge in [0.1, 0.15) is 0 Å². The predicted molar refractivity (Wildman–Crippen MR) is 81.3 cm³/mol. The second kappa shape index (κ2) is 6.41. The minimum Gasteiger partial charge on any atom is -0.454 e. The average Bonchev–Trinajstić information content (AvgIpc) is 3.17. The Labute approximate surface area is 136 Å². The van der Waals surface area contributed by atoms with Crippen LogP contribution in [0.3, 0.4) is 0 Å². The Balaban J connectivity index is 1.71. The van der Waals surface area contributed by atoms with Crippen molar-refractivity contribution in [2.45, 2.75) is 13.5 Å². The van der Waals surface area contributed by atoms with Crippen molar-refractivity contribution in [3.05, 3.63) is 51.4 Å². The van der Waals surface area contributed by atoms with E-state index in [4.69, 9.17) is 14.0 Å². The Bertz CT molecular complexity index is 827. The van der Waals surface area contributed by atoms with Gasteiger partial charge in [0.25, 0.3) is 5.69 Å². The van der Waals surface area contributed by atoms with Crippen molar-refractivity contribution in [3.8, 4) is 11.5 Å². The lowest BCUT2D eigenvalue weighted by Gasteiger charge is -2.01. The number of nitrogens with zero attached hydrogens (tertiary/aromatic N) is 2. The van der Waals surface area contributed by atoms with E-state index < -0.39 is 10.8 Å². The quantitative estimate of drug-likeness (QED) is 0.505. The van der Waals surface area contributed by atoms with E-state index in [1.165, 1.54) is 24.3 Å². The van der Waals surface area contributed by atoms with Crippen LogP contribution in [-0.4, -0.2) is 22.8 Å². The second-order valence-corrected chi connectivity index (χ2v) is 5.01. The lowest BCUT2D eigenvalue weighted by atomic mass is 10.1. The van der Waals surface area contributed by atoms with Gasteiger partial charge in [-0.3, -0.25) is 14.9 Å². The highest BCUT2D eigenvalue weighted by Crippen LogP contribution is 2.38. The minimum atomic E-state index is -0.545. The van der Waals surface area contributed by atoms with Crippen molar-refractivity contribution in [1.82, 2.24) is 10.5 Å². The molecule has 0 spiro atoms. The summed E-state index contributed by atoms with van der Waals surface area (Å²) < 4.78 is 15.3. The first-order valence-electron chi connectivity index (χ1n) is 6.99. The SMILES string of the molecule is Cc1cc(CNC(=O)C=Cc2cc3c(cc2[N+](=O)[O-])OCO3)on1. The van der Waals surface area contributed by atoms with E-state index in [0.29, 0.717) is 23.0 Å². The van der Waals surface area contributed by atoms with Gasteiger partial charge in [-0.1, -0.05) is 5.16 Å². The number of amides is 1. The number of nitro groups is 1. The van der Waals surface area contributed by atoms with E-state index >= 15 is 0 Å². The Morgan fingerprint density at radius 3 is 2.79 bits per heavy atom. The maximum absolute atomic E-state index is 11.8. The van der Waals surface area contributed by atoms with Crippen molar-refractivity contribution in [2.24, 2.45) is 0 Å². The average molecular weight is 331 g/mol. The van der Waals surface area contributed by atoms with Crippen LogP contribution in [0, 0.1) is 17.0 Å². The summed E-state index contributed by atoms with van der Waals surface area (Å²) in [6, 6.07) is 4.44. The number of benzene rings is 1. The Hall–Kier alpha value is -3.36. The first-order valence-corrected chi connectivity index (χ1v) is 6.99. The monoisotopic (exact) mass is 331 g/mol. The molecule has 1 aromatic heterocycles. The molecule has 124 valence electrons. The summed E-state index contributed by atoms with van der Waals surface area (Å²) in [5.74, 6) is 0.807. The molecule has 3 rings (SSSR count). The number of nitro benzene ring substituents is 1. The fourth-order valence-corrected chi connectivity index (χ4v) is 2.14. The molecular formula is C15H13N3O6. The lowest BCUT2D eigenvalue weighted by Crippen LogP contribution is -2.19. The van der Waals surface area contributed by atoms with Crippen LogP contribution in [-0.2, 0) is 11.3 Å². The second-order valence-electron chi connectivity index (χ2n) is 5.01. The van der Waals surface area contributed by atoms with Crippen LogP contribution in [0.4, 0.5) is 5.69 Å². The smallest absolute Gasteiger partial charge is 0.280 e. The molecule has 0 bridgehead atoms. The van der Waals surface area contributed by atoms with Crippen LogP contribution >= 0.6 is 0 Å². The first-order chi connectivity index (χ1) is 11.5. The fraction of sp³-hybridized carbons (Fsp3) is 0.200. The standard InChI is InChI=1S/C15H13N3O6/c1-9-4-11(24-17-9)7-16-15(19)3-2-10-5-13-14(23-8-22-13)6-12(10)18(20)21/h2-6H,7-8H2,1H3,(H,16,19). The van der Waals surface area contributed by atoms with Crippen LogP contribution in [0.1, 0.15) is 17.0 Å². The van der Waals surface area contributed by atoms with Gasteiger partial charge in [-0.15, -0.1) is 0 Å². The normalized spacial score (nSPS) is 12.5. The van der Waals surface area contributed by atoms with Crippen molar-refractivity contribution in [1.29, 1.82) is 0 Å². The molecule has 1 N–H and O–H groups in total. The number of hydrogen-bond donors (Lipinski definition) is 1. The number of nitrogens with one attached hydrogen (secondary N) is 1. The molecule has 2 aromatic rings. The molecule has 9 heteroatoms. The van der Waals surface area contributed by atoms with Crippen molar-refractivity contribution in [2.75, 3.05) is 6.79 Å². The summed E-state index contributed by atoms with van der Waals surface area (Å²) in [6.45, 7) is 1.96. The van der Waals surface area contributed by atoms with E-state index in [0.717, 1.165) is 0 Å². The predicted octanol–water partition coefficient (Wildman–Crippen LogP) is 1.95. The third-order valence-electron chi connectivity index (χ3n) is 3.25. The lowest BCUT2D eigenvalue weighted by molar-refractivity contribution is -0.385. The molecule has 0 unspecified atom stereocenters. The van der Waals surface area contributed by atoms with Crippen molar-refractivity contribution in [3.63, 3.8) is 0 Å². The molecule has 0 fully saturated rings. The number of rotatable bonds is 5. The number of fused-ring (bicyclic) bond motifs is 1. The number of hydrogen-bond acceptors (Lipinski definition) is 7. The molecule has 0 aliphatic carbocycles. The van der Waals surface area contributed by atoms with Gasteiger partial charge in [-0.25, -0.2) is 0 Å². The number of ether oxygens (including phenoxy) is 2. The maximum atomic E-state index is 11.8. The van der Waals surface area contributed by atoms with Gasteiger partial charge in [0.15, 0.2) is 17.3 Å². The number of aromatic nitrogens is 1. The fourth-order valence-electron chi connectivity index (χ4n) is 2.14. The van der Waals surface area contributed by atoms with E-state index in [1.807, 2.05) is 0 Å². The van der Waals surface area contributed by atoms with Gasteiger partial charge in [-0.05, 0) is 19.1 Å². The molecule has 1 aliphatic heterocycles. The van der Waals surface area contributed by atoms with E-state index in [2.05, 4.69) is 10.5 Å². The van der Waals surface area contributed by atoms with Gasteiger partial charge in [0, 0.05) is 12.1 Å². The van der Waals surface area contributed by atoms with E-state index in [-0.39, 0.29) is 24.6 Å². The molecule has 2 heterocycles. The van der Waals surface area contributed by atoms with Crippen LogP contribution in [0.25, 0.3) is 6.08 Å². The van der Waals surface area contributed by atoms with Gasteiger partial charge in [0.05, 0.1) is 28.8 Å². The molecular weight excluding hydrogens is 318 g/mol. The van der Waals surface area contributed by atoms with Crippen molar-refractivity contribution >= 4 is 17.7 Å². The zero-order chi connectivity index (χ0) is 17.1. The summed E-state index contributed by atoms with van der Waals surface area (Å²) in [5, 5.41) is 17.4. The van der Waals surface area contributed by atoms with Gasteiger partial charge in [0.2, 0.25) is 12.7 Å². The first kappa shape index (κ1) is 15.5. The maximum Gasteiger partial charge on any atom is 0.280 e. The molecule has 0 saturated carbocycles. The third-order valence-corrected chi connectivity index (χ3v) is 3.25. The summed E-state index contributed by atoms with van der Waals surface area (Å²) >= 11 is 0. The zero-order valence-corrected chi connectivity index (χ0v) is 12.6. The molecule has 9 nitrogen and oxygen atoms in total. The Morgan fingerprint density at radius 2 is 2.12 bits per heavy atom. The zero-order valence-electron chi connectivity index (χ0n) is 12.6. The van der Waals surface area contributed by atoms with E-state index in [9.17, 15) is 14.9 Å². The van der Waals surface area contributed by atoms with Crippen molar-refractivity contribution < 1.29 is 23.7 Å². The van der Waals surface area contributed by atoms with Crippen LogP contribution in [0.5, 0.6) is 11.5 Å². The Kier molecular flexibility index (Phi) is 4.15. The summed E-state index contributed by atoms with van der Waals surface area (Å²) in [5.41, 5.74) is 0.787. The van der Waals surface area contributed by atoms with Gasteiger partial charge >= 0.3 is 0 Å². The highest BCUT2D eigenvalue weighted by atomic mass is 16.7. The Morgan fingerprint density at radius 1 is 1.38 bits per heavy atom. The largest absolute Gasteiger partial charge is 0.454 e. The number of aryl methyl sites for hydroxylation is 1. The summed E-state index contributed by atoms with van der Waals surface area (Å²) in [4.78, 5) is 22.4. The highest BCUT2D eigenvalue weighted by molar-refractivity contribution is 5.92. The van der Waals surface area contributed by atoms with Crippen LogP contribution in [0.2, 0.25) is 0 Å². The van der Waals surface area contributed by atoms with E-state index in [1.54, 1.807) is 13.0 Å². The molecule has 0 saturated heterocycles. The molecule has 1 aromatic carbocycles. The molecule has 0 atom stereocenters. The topological polar surface area (TPSA) is 117 Å². The minimum absolute atomic E-state index is 0.0107. The molecule has 24 heavy (non-hydrogen) atoms. The molecule has 0 radical (unpaired) electrons. The van der Waals surface area contributed by atoms with Gasteiger partial charge < -0.3 is 19.3 Å². The van der Waals surface area contributed by atoms with Crippen LogP contribution < -0.4 is 14.8 Å². The highest BCUT2D eigenvalue weighted by Gasteiger charge is 2.22. The summed E-state index contributed by atoms with van der Waals surface area (Å²) in [7, 11) is 0. The number of carbonyl (C=O) groups excluding carboxylic acids is 1. The molecule has 1 amide bonds. The van der Waals surface area contributed by atoms with Crippen LogP contribution in [0.15, 0.2) is 28.8 Å². The third kappa shape index (κ3) is 3.35. The number of carbonyl (C=O) groups is 1. The summed E-state index contributed by atoms with van der Waals surface area (Å²) in [6.07, 6.45) is 2.55.